The maximum Gasteiger partial charge on any atom is 0.326 e. The summed E-state index contributed by atoms with van der Waals surface area (Å²) >= 11 is 0.736. The number of furan rings is 1. The number of carbonyl (C=O) groups is 3. The van der Waals surface area contributed by atoms with Gasteiger partial charge in [-0.3, -0.25) is 9.59 Å². The number of aromatic hydroxyl groups is 1. The average Bonchev–Trinajstić information content (AvgIpc) is 3.62. The van der Waals surface area contributed by atoms with E-state index in [-0.39, 0.29) is 31.1 Å². The summed E-state index contributed by atoms with van der Waals surface area (Å²) in [5, 5.41) is 11.0. The minimum absolute atomic E-state index is 0.0319. The number of hydrogen-bond donors (Lipinski definition) is 3. The van der Waals surface area contributed by atoms with Gasteiger partial charge < -0.3 is 15.3 Å². The second-order valence-electron chi connectivity index (χ2n) is 7.82. The van der Waals surface area contributed by atoms with Gasteiger partial charge in [0.25, 0.3) is 15.9 Å². The molecular weight excluding hydrogens is 518 g/mol. The van der Waals surface area contributed by atoms with Crippen LogP contribution in [0.25, 0.3) is 22.2 Å². The van der Waals surface area contributed by atoms with Crippen LogP contribution in [-0.2, 0) is 10.0 Å². The normalized spacial score (nSPS) is 11.5. The summed E-state index contributed by atoms with van der Waals surface area (Å²) in [5.74, 6) is -1.76. The zero-order chi connectivity index (χ0) is 26.3. The Hall–Kier alpha value is -4.68. The second-order valence-corrected chi connectivity index (χ2v) is 10.6. The molecule has 0 aliphatic carbocycles. The van der Waals surface area contributed by atoms with Crippen molar-refractivity contribution in [3.05, 3.63) is 94.4 Å². The summed E-state index contributed by atoms with van der Waals surface area (Å²) in [6.07, 6.45) is 1.48. The van der Waals surface area contributed by atoms with Gasteiger partial charge in [0.15, 0.2) is 0 Å². The number of amides is 2. The zero-order valence-corrected chi connectivity index (χ0v) is 20.4. The highest BCUT2D eigenvalue weighted by Crippen LogP contribution is 2.36. The molecule has 0 atom stereocenters. The fraction of sp³-hybridized carbons (Fsp3) is 0. The van der Waals surface area contributed by atoms with E-state index in [1.54, 1.807) is 30.3 Å². The number of nitrogens with one attached hydrogen (secondary N) is 1. The van der Waals surface area contributed by atoms with E-state index in [4.69, 9.17) is 10.2 Å². The smallest absolute Gasteiger partial charge is 0.326 e. The average molecular weight is 536 g/mol. The minimum Gasteiger partial charge on any atom is -0.494 e. The van der Waals surface area contributed by atoms with E-state index in [2.05, 4.69) is 0 Å². The quantitative estimate of drug-likeness (QED) is 0.277. The fourth-order valence-corrected chi connectivity index (χ4v) is 5.76. The van der Waals surface area contributed by atoms with E-state index in [0.717, 1.165) is 15.9 Å². The molecule has 0 radical (unpaired) electrons. The number of benzene rings is 2. The fourth-order valence-electron chi connectivity index (χ4n) is 3.86. The molecule has 0 aliphatic rings. The Labute approximate surface area is 213 Å². The van der Waals surface area contributed by atoms with Gasteiger partial charge in [0.1, 0.15) is 5.76 Å². The van der Waals surface area contributed by atoms with Crippen LogP contribution in [0.4, 0.5) is 4.79 Å². The Morgan fingerprint density at radius 2 is 1.68 bits per heavy atom. The van der Waals surface area contributed by atoms with Crippen LogP contribution in [0.3, 0.4) is 0 Å². The molecule has 37 heavy (non-hydrogen) atoms. The number of rotatable bonds is 6. The molecule has 2 amide bonds. The van der Waals surface area contributed by atoms with Crippen LogP contribution in [0.5, 0.6) is 5.88 Å². The first-order chi connectivity index (χ1) is 17.7. The van der Waals surface area contributed by atoms with Crippen LogP contribution in [0, 0.1) is 0 Å². The number of nitrogens with two attached hydrogens (primary N) is 1. The molecular formula is C25H17N3O7S2. The minimum atomic E-state index is -4.12. The van der Waals surface area contributed by atoms with Crippen LogP contribution < -0.4 is 10.5 Å². The molecule has 3 aromatic heterocycles. The van der Waals surface area contributed by atoms with Crippen molar-refractivity contribution < 1.29 is 32.3 Å². The monoisotopic (exact) mass is 535 g/mol. The van der Waals surface area contributed by atoms with E-state index >= 15 is 0 Å². The third-order valence-electron chi connectivity index (χ3n) is 5.53. The molecule has 5 rings (SSSR count). The molecule has 2 aromatic carbocycles. The van der Waals surface area contributed by atoms with Crippen molar-refractivity contribution in [2.24, 2.45) is 5.73 Å². The van der Waals surface area contributed by atoms with Crippen molar-refractivity contribution in [1.29, 1.82) is 0 Å². The van der Waals surface area contributed by atoms with Crippen molar-refractivity contribution in [3.8, 4) is 17.2 Å². The van der Waals surface area contributed by atoms with Crippen LogP contribution >= 0.6 is 11.3 Å². The lowest BCUT2D eigenvalue weighted by Gasteiger charge is -2.05. The third-order valence-corrected chi connectivity index (χ3v) is 7.96. The summed E-state index contributed by atoms with van der Waals surface area (Å²) < 4.78 is 33.1. The summed E-state index contributed by atoms with van der Waals surface area (Å²) in [6, 6.07) is 17.1. The van der Waals surface area contributed by atoms with Gasteiger partial charge in [0.05, 0.1) is 32.0 Å². The van der Waals surface area contributed by atoms with Gasteiger partial charge in [-0.15, -0.1) is 11.3 Å². The SMILES string of the molecule is NC(=O)n1c(O)c(C(=O)c2ccc(C(=O)NS(=O)(=O)c3ccccc3)s2)c2cc(-c3ccco3)ccc21. The molecule has 12 heteroatoms. The van der Waals surface area contributed by atoms with Crippen molar-refractivity contribution in [1.82, 2.24) is 9.29 Å². The number of primary amides is 1. The number of hydrogen-bond acceptors (Lipinski definition) is 8. The van der Waals surface area contributed by atoms with Crippen LogP contribution in [0.2, 0.25) is 0 Å². The van der Waals surface area contributed by atoms with Crippen LogP contribution in [-0.4, -0.2) is 35.8 Å². The highest BCUT2D eigenvalue weighted by Gasteiger charge is 2.28. The topological polar surface area (TPSA) is 162 Å². The third kappa shape index (κ3) is 4.28. The van der Waals surface area contributed by atoms with Gasteiger partial charge in [-0.05, 0) is 54.6 Å². The number of thiophene rings is 1. The number of carbonyl (C=O) groups excluding carboxylic acids is 3. The predicted molar refractivity (Wildman–Crippen MR) is 135 cm³/mol. The Balaban J connectivity index is 1.52. The number of ketones is 1. The first-order valence-corrected chi connectivity index (χ1v) is 12.9. The number of sulfonamides is 1. The van der Waals surface area contributed by atoms with E-state index in [9.17, 15) is 27.9 Å². The molecule has 0 saturated carbocycles. The van der Waals surface area contributed by atoms with E-state index in [0.29, 0.717) is 11.3 Å². The molecule has 5 aromatic rings. The molecule has 0 unspecified atom stereocenters. The summed E-state index contributed by atoms with van der Waals surface area (Å²) in [5.41, 5.74) is 6.03. The molecule has 3 heterocycles. The summed E-state index contributed by atoms with van der Waals surface area (Å²) in [6.45, 7) is 0. The number of fused-ring (bicyclic) bond motifs is 1. The standard InChI is InChI=1S/C25H17N3O7S2/c26-25(32)28-17-9-8-14(18-7-4-12-35-18)13-16(17)21(24(28)31)22(29)19-10-11-20(36-19)23(30)27-37(33,34)15-5-2-1-3-6-15/h1-13,31H,(H2,26,32)(H,27,30). The van der Waals surface area contributed by atoms with Crippen molar-refractivity contribution in [2.45, 2.75) is 4.90 Å². The molecule has 186 valence electrons. The lowest BCUT2D eigenvalue weighted by Crippen LogP contribution is -2.29. The van der Waals surface area contributed by atoms with Gasteiger partial charge in [-0.25, -0.2) is 22.5 Å². The Morgan fingerprint density at radius 3 is 2.35 bits per heavy atom. The maximum atomic E-state index is 13.5. The molecule has 10 nitrogen and oxygen atoms in total. The summed E-state index contributed by atoms with van der Waals surface area (Å²) in [4.78, 5) is 38.1. The van der Waals surface area contributed by atoms with Crippen molar-refractivity contribution in [2.75, 3.05) is 0 Å². The second kappa shape index (κ2) is 9.08. The predicted octanol–water partition coefficient (Wildman–Crippen LogP) is 3.94. The molecule has 0 saturated heterocycles. The molecule has 0 fully saturated rings. The van der Waals surface area contributed by atoms with Gasteiger partial charge in [-0.1, -0.05) is 18.2 Å². The largest absolute Gasteiger partial charge is 0.494 e. The lowest BCUT2D eigenvalue weighted by molar-refractivity contribution is 0.0984. The Bertz CT molecular complexity index is 1780. The number of nitrogens with zero attached hydrogens (tertiary/aromatic N) is 1. The van der Waals surface area contributed by atoms with Crippen molar-refractivity contribution >= 4 is 50.0 Å². The van der Waals surface area contributed by atoms with Gasteiger partial charge in [0, 0.05) is 10.9 Å². The van der Waals surface area contributed by atoms with E-state index < -0.39 is 33.6 Å². The first-order valence-electron chi connectivity index (χ1n) is 10.6. The summed E-state index contributed by atoms with van der Waals surface area (Å²) in [7, 11) is -4.12. The van der Waals surface area contributed by atoms with Gasteiger partial charge >= 0.3 is 6.03 Å². The molecule has 0 aliphatic heterocycles. The highest BCUT2D eigenvalue weighted by molar-refractivity contribution is 7.90. The molecule has 0 spiro atoms. The van der Waals surface area contributed by atoms with E-state index in [1.165, 1.54) is 48.7 Å². The molecule has 0 bridgehead atoms. The van der Waals surface area contributed by atoms with Crippen LogP contribution in [0.1, 0.15) is 24.9 Å². The first kappa shape index (κ1) is 24.0. The van der Waals surface area contributed by atoms with Crippen molar-refractivity contribution in [3.63, 3.8) is 0 Å². The molecule has 4 N–H and O–H groups in total. The highest BCUT2D eigenvalue weighted by atomic mass is 32.2. The van der Waals surface area contributed by atoms with Crippen LogP contribution in [0.15, 0.2) is 88.4 Å². The Kier molecular flexibility index (Phi) is 5.90. The zero-order valence-electron chi connectivity index (χ0n) is 18.7. The lowest BCUT2D eigenvalue weighted by atomic mass is 10.0. The maximum absolute atomic E-state index is 13.5. The van der Waals surface area contributed by atoms with E-state index in [1.807, 2.05) is 4.72 Å². The Morgan fingerprint density at radius 1 is 0.946 bits per heavy atom. The van der Waals surface area contributed by atoms with Gasteiger partial charge in [0.2, 0.25) is 11.7 Å². The van der Waals surface area contributed by atoms with Gasteiger partial charge in [-0.2, -0.15) is 0 Å². The number of aromatic nitrogens is 1.